The first kappa shape index (κ1) is 22.7. The van der Waals surface area contributed by atoms with E-state index in [0.717, 1.165) is 11.1 Å². The first-order valence-electron chi connectivity index (χ1n) is 11.1. The monoisotopic (exact) mass is 478 g/mol. The standard InChI is InChI=1S/C28H19FN4O3/c29-22-14-10-21(11-15-22)27-18-24(31-32(27)25-8-4-5-9-26(25)33(35)36)28(34)30-23-16-12-20(13-17-23)19-6-2-1-3-7-19/h1-18H,(H,30,34). The molecule has 1 aromatic heterocycles. The maximum absolute atomic E-state index is 13.5. The van der Waals surface area contributed by atoms with E-state index in [2.05, 4.69) is 10.4 Å². The molecule has 7 nitrogen and oxygen atoms in total. The topological polar surface area (TPSA) is 90.1 Å². The van der Waals surface area contributed by atoms with Crippen molar-refractivity contribution in [2.75, 3.05) is 5.32 Å². The molecule has 5 aromatic rings. The molecule has 0 spiro atoms. The normalized spacial score (nSPS) is 10.7. The van der Waals surface area contributed by atoms with Crippen LogP contribution in [0.25, 0.3) is 28.1 Å². The molecular formula is C28H19FN4O3. The van der Waals surface area contributed by atoms with Crippen LogP contribution in [0.15, 0.2) is 109 Å². The van der Waals surface area contributed by atoms with Gasteiger partial charge in [0.1, 0.15) is 11.5 Å². The first-order chi connectivity index (χ1) is 17.5. The Balaban J connectivity index is 1.50. The van der Waals surface area contributed by atoms with E-state index in [9.17, 15) is 19.3 Å². The minimum absolute atomic E-state index is 0.0552. The molecule has 1 N–H and O–H groups in total. The van der Waals surface area contributed by atoms with Crippen molar-refractivity contribution in [3.05, 3.63) is 131 Å². The van der Waals surface area contributed by atoms with E-state index in [4.69, 9.17) is 0 Å². The maximum Gasteiger partial charge on any atom is 0.294 e. The molecule has 8 heteroatoms. The molecule has 4 aromatic carbocycles. The van der Waals surface area contributed by atoms with Crippen molar-refractivity contribution in [2.45, 2.75) is 0 Å². The quantitative estimate of drug-likeness (QED) is 0.223. The summed E-state index contributed by atoms with van der Waals surface area (Å²) in [5.41, 5.74) is 3.67. The van der Waals surface area contributed by atoms with Crippen molar-refractivity contribution in [3.63, 3.8) is 0 Å². The number of nitro groups is 1. The van der Waals surface area contributed by atoms with Gasteiger partial charge < -0.3 is 5.32 Å². The second-order valence-electron chi connectivity index (χ2n) is 7.98. The van der Waals surface area contributed by atoms with E-state index < -0.39 is 16.6 Å². The van der Waals surface area contributed by atoms with Gasteiger partial charge in [-0.1, -0.05) is 54.6 Å². The summed E-state index contributed by atoms with van der Waals surface area (Å²) in [5, 5.41) is 18.8. The number of nitrogens with one attached hydrogen (secondary N) is 1. The highest BCUT2D eigenvalue weighted by atomic mass is 19.1. The molecule has 0 bridgehead atoms. The van der Waals surface area contributed by atoms with Gasteiger partial charge in [0.25, 0.3) is 11.6 Å². The van der Waals surface area contributed by atoms with E-state index in [0.29, 0.717) is 16.9 Å². The lowest BCUT2D eigenvalue weighted by Crippen LogP contribution is -2.13. The van der Waals surface area contributed by atoms with Gasteiger partial charge in [-0.15, -0.1) is 0 Å². The van der Waals surface area contributed by atoms with Crippen molar-refractivity contribution in [1.29, 1.82) is 0 Å². The van der Waals surface area contributed by atoms with Crippen LogP contribution in [0.4, 0.5) is 15.8 Å². The zero-order valence-electron chi connectivity index (χ0n) is 18.8. The molecule has 1 heterocycles. The Morgan fingerprint density at radius 1 is 0.806 bits per heavy atom. The fraction of sp³-hybridized carbons (Fsp3) is 0. The average molecular weight is 478 g/mol. The van der Waals surface area contributed by atoms with Gasteiger partial charge >= 0.3 is 0 Å². The average Bonchev–Trinajstić information content (AvgIpc) is 3.36. The van der Waals surface area contributed by atoms with Crippen molar-refractivity contribution < 1.29 is 14.1 Å². The van der Waals surface area contributed by atoms with Crippen molar-refractivity contribution in [3.8, 4) is 28.1 Å². The number of rotatable bonds is 6. The highest BCUT2D eigenvalue weighted by molar-refractivity contribution is 6.03. The molecule has 5 rings (SSSR count). The van der Waals surface area contributed by atoms with Crippen LogP contribution in [-0.4, -0.2) is 20.6 Å². The lowest BCUT2D eigenvalue weighted by molar-refractivity contribution is -0.384. The number of hydrogen-bond donors (Lipinski definition) is 1. The van der Waals surface area contributed by atoms with Gasteiger partial charge in [-0.05, 0) is 59.7 Å². The van der Waals surface area contributed by atoms with Crippen LogP contribution in [0.2, 0.25) is 0 Å². The Morgan fingerprint density at radius 2 is 1.42 bits per heavy atom. The molecule has 0 unspecified atom stereocenters. The molecular weight excluding hydrogens is 459 g/mol. The summed E-state index contributed by atoms with van der Waals surface area (Å²) in [7, 11) is 0. The molecule has 0 aliphatic carbocycles. The third kappa shape index (κ3) is 4.60. The lowest BCUT2D eigenvalue weighted by Gasteiger charge is -2.08. The molecule has 0 radical (unpaired) electrons. The summed E-state index contributed by atoms with van der Waals surface area (Å²) in [6, 6.07) is 30.5. The number of carbonyl (C=O) groups is 1. The number of anilines is 1. The third-order valence-corrected chi connectivity index (χ3v) is 5.64. The molecule has 176 valence electrons. The molecule has 0 fully saturated rings. The van der Waals surface area contributed by atoms with Gasteiger partial charge in [0.05, 0.1) is 10.6 Å². The van der Waals surface area contributed by atoms with Crippen molar-refractivity contribution in [1.82, 2.24) is 9.78 Å². The van der Waals surface area contributed by atoms with Crippen LogP contribution < -0.4 is 5.32 Å². The predicted molar refractivity (Wildman–Crippen MR) is 135 cm³/mol. The summed E-state index contributed by atoms with van der Waals surface area (Å²) in [4.78, 5) is 24.2. The summed E-state index contributed by atoms with van der Waals surface area (Å²) in [5.74, 6) is -0.907. The van der Waals surface area contributed by atoms with E-state index in [-0.39, 0.29) is 17.1 Å². The van der Waals surface area contributed by atoms with E-state index in [1.807, 2.05) is 42.5 Å². The Labute approximate surface area is 205 Å². The molecule has 0 saturated heterocycles. The molecule has 0 atom stereocenters. The van der Waals surface area contributed by atoms with E-state index in [1.54, 1.807) is 30.3 Å². The second kappa shape index (κ2) is 9.63. The van der Waals surface area contributed by atoms with Gasteiger partial charge in [-0.3, -0.25) is 14.9 Å². The van der Waals surface area contributed by atoms with Crippen molar-refractivity contribution >= 4 is 17.3 Å². The highest BCUT2D eigenvalue weighted by Crippen LogP contribution is 2.30. The molecule has 0 aliphatic heterocycles. The van der Waals surface area contributed by atoms with Gasteiger partial charge in [0, 0.05) is 17.3 Å². The van der Waals surface area contributed by atoms with E-state index >= 15 is 0 Å². The second-order valence-corrected chi connectivity index (χ2v) is 7.98. The fourth-order valence-electron chi connectivity index (χ4n) is 3.87. The number of aromatic nitrogens is 2. The number of halogens is 1. The molecule has 1 amide bonds. The van der Waals surface area contributed by atoms with Gasteiger partial charge in [-0.25, -0.2) is 9.07 Å². The van der Waals surface area contributed by atoms with Crippen LogP contribution in [0.1, 0.15) is 10.5 Å². The predicted octanol–water partition coefficient (Wildman–Crippen LogP) is 6.51. The Bertz CT molecular complexity index is 1550. The molecule has 36 heavy (non-hydrogen) atoms. The number of benzene rings is 4. The Hall–Kier alpha value is -5.11. The van der Waals surface area contributed by atoms with Gasteiger partial charge in [0.2, 0.25) is 0 Å². The van der Waals surface area contributed by atoms with Crippen molar-refractivity contribution in [2.24, 2.45) is 0 Å². The minimum atomic E-state index is -0.514. The number of nitrogens with zero attached hydrogens (tertiary/aromatic N) is 3. The zero-order valence-corrected chi connectivity index (χ0v) is 18.8. The SMILES string of the molecule is O=C(Nc1ccc(-c2ccccc2)cc1)c1cc(-c2ccc(F)cc2)n(-c2ccccc2[N+](=O)[O-])n1. The van der Waals surface area contributed by atoms with Crippen LogP contribution in [0.3, 0.4) is 0 Å². The fourth-order valence-corrected chi connectivity index (χ4v) is 3.87. The summed E-state index contributed by atoms with van der Waals surface area (Å²) in [6.07, 6.45) is 0. The van der Waals surface area contributed by atoms with Crippen LogP contribution in [0, 0.1) is 15.9 Å². The summed E-state index contributed by atoms with van der Waals surface area (Å²) in [6.45, 7) is 0. The van der Waals surface area contributed by atoms with Crippen LogP contribution in [-0.2, 0) is 0 Å². The van der Waals surface area contributed by atoms with Gasteiger partial charge in [0.15, 0.2) is 5.69 Å². The number of carbonyl (C=O) groups excluding carboxylic acids is 1. The smallest absolute Gasteiger partial charge is 0.294 e. The number of amides is 1. The Morgan fingerprint density at radius 3 is 2.11 bits per heavy atom. The van der Waals surface area contributed by atoms with E-state index in [1.165, 1.54) is 41.1 Å². The Kier molecular flexibility index (Phi) is 6.07. The minimum Gasteiger partial charge on any atom is -0.321 e. The number of hydrogen-bond acceptors (Lipinski definition) is 4. The largest absolute Gasteiger partial charge is 0.321 e. The zero-order chi connectivity index (χ0) is 25.1. The third-order valence-electron chi connectivity index (χ3n) is 5.64. The number of nitro benzene ring substituents is 1. The maximum atomic E-state index is 13.5. The molecule has 0 saturated carbocycles. The first-order valence-corrected chi connectivity index (χ1v) is 11.1. The van der Waals surface area contributed by atoms with Crippen LogP contribution in [0.5, 0.6) is 0 Å². The summed E-state index contributed by atoms with van der Waals surface area (Å²) < 4.78 is 14.9. The summed E-state index contributed by atoms with van der Waals surface area (Å²) >= 11 is 0. The van der Waals surface area contributed by atoms with Crippen LogP contribution >= 0.6 is 0 Å². The van der Waals surface area contributed by atoms with Gasteiger partial charge in [-0.2, -0.15) is 5.10 Å². The molecule has 0 aliphatic rings. The highest BCUT2D eigenvalue weighted by Gasteiger charge is 2.22. The number of para-hydroxylation sites is 2. The lowest BCUT2D eigenvalue weighted by atomic mass is 10.1.